The highest BCUT2D eigenvalue weighted by Crippen LogP contribution is 2.17. The van der Waals surface area contributed by atoms with Crippen molar-refractivity contribution in [2.45, 2.75) is 0 Å². The molecular weight excluding hydrogens is 169 g/mol. The van der Waals surface area contributed by atoms with Gasteiger partial charge < -0.3 is 9.22 Å². The van der Waals surface area contributed by atoms with Crippen molar-refractivity contribution in [3.8, 4) is 5.75 Å². The third-order valence-corrected chi connectivity index (χ3v) is 2.26. The number of hydrogen-bond acceptors (Lipinski definition) is 1. The minimum Gasteiger partial charge on any atom is -0.514 e. The first kappa shape index (κ1) is 9.63. The molecule has 0 aliphatic rings. The lowest BCUT2D eigenvalue weighted by Gasteiger charge is -2.23. The SMILES string of the molecule is C[N+](C)(C)CCOc1[c-][pH]cc1. The Hall–Kier alpha value is -0.460. The molecule has 1 rings (SSSR count). The summed E-state index contributed by atoms with van der Waals surface area (Å²) in [5, 5.41) is 0. The molecule has 12 heavy (non-hydrogen) atoms. The maximum Gasteiger partial charge on any atom is 0.134 e. The van der Waals surface area contributed by atoms with Gasteiger partial charge in [-0.1, -0.05) is 0 Å². The maximum absolute atomic E-state index is 5.49. The summed E-state index contributed by atoms with van der Waals surface area (Å²) in [6.07, 6.45) is 0. The summed E-state index contributed by atoms with van der Waals surface area (Å²) in [6.45, 7) is 1.81. The van der Waals surface area contributed by atoms with Crippen LogP contribution in [0.2, 0.25) is 0 Å². The van der Waals surface area contributed by atoms with Crippen molar-refractivity contribution in [1.29, 1.82) is 0 Å². The number of rotatable bonds is 4. The predicted molar refractivity (Wildman–Crippen MR) is 53.2 cm³/mol. The van der Waals surface area contributed by atoms with E-state index >= 15 is 0 Å². The molecule has 2 nitrogen and oxygen atoms in total. The van der Waals surface area contributed by atoms with Crippen LogP contribution >= 0.6 is 8.19 Å². The molecule has 0 aliphatic heterocycles. The molecule has 0 fully saturated rings. The highest BCUT2D eigenvalue weighted by molar-refractivity contribution is 7.28. The number of ether oxygens (including phenoxy) is 1. The van der Waals surface area contributed by atoms with Crippen LogP contribution in [-0.4, -0.2) is 38.8 Å². The van der Waals surface area contributed by atoms with E-state index in [9.17, 15) is 0 Å². The molecule has 1 heterocycles. The Morgan fingerprint density at radius 3 is 2.75 bits per heavy atom. The van der Waals surface area contributed by atoms with E-state index < -0.39 is 0 Å². The first-order valence-electron chi connectivity index (χ1n) is 4.06. The molecule has 0 saturated heterocycles. The summed E-state index contributed by atoms with van der Waals surface area (Å²) in [7, 11) is 7.17. The fourth-order valence-corrected chi connectivity index (χ4v) is 1.40. The number of likely N-dealkylation sites (N-methyl/N-ethyl adjacent to an activating group) is 1. The third-order valence-electron chi connectivity index (χ3n) is 1.53. The van der Waals surface area contributed by atoms with E-state index in [0.29, 0.717) is 8.19 Å². The molecule has 0 spiro atoms. The van der Waals surface area contributed by atoms with E-state index in [1.807, 2.05) is 6.07 Å². The summed E-state index contributed by atoms with van der Waals surface area (Å²) in [6, 6.07) is 1.99. The zero-order valence-electron chi connectivity index (χ0n) is 7.92. The number of quaternary nitrogens is 1. The Balaban J connectivity index is 2.20. The average molecular weight is 185 g/mol. The quantitative estimate of drug-likeness (QED) is 0.511. The largest absolute Gasteiger partial charge is 0.514 e. The van der Waals surface area contributed by atoms with Crippen LogP contribution in [0.25, 0.3) is 0 Å². The van der Waals surface area contributed by atoms with E-state index in [1.54, 1.807) is 0 Å². The van der Waals surface area contributed by atoms with Crippen molar-refractivity contribution in [2.24, 2.45) is 0 Å². The second kappa shape index (κ2) is 3.97. The lowest BCUT2D eigenvalue weighted by atomic mass is 10.5. The van der Waals surface area contributed by atoms with Crippen LogP contribution in [0.4, 0.5) is 0 Å². The summed E-state index contributed by atoms with van der Waals surface area (Å²) in [5.41, 5.74) is 0. The van der Waals surface area contributed by atoms with Gasteiger partial charge in [-0.3, -0.25) is 8.19 Å². The van der Waals surface area contributed by atoms with E-state index in [4.69, 9.17) is 4.74 Å². The zero-order valence-corrected chi connectivity index (χ0v) is 8.92. The van der Waals surface area contributed by atoms with Crippen LogP contribution in [0.5, 0.6) is 5.75 Å². The maximum atomic E-state index is 5.49. The van der Waals surface area contributed by atoms with Gasteiger partial charge in [0.2, 0.25) is 0 Å². The molecule has 68 valence electrons. The van der Waals surface area contributed by atoms with Crippen LogP contribution in [0.15, 0.2) is 11.9 Å². The van der Waals surface area contributed by atoms with Crippen LogP contribution in [0.1, 0.15) is 0 Å². The van der Waals surface area contributed by atoms with E-state index in [1.165, 1.54) is 0 Å². The van der Waals surface area contributed by atoms with Crippen LogP contribution < -0.4 is 4.74 Å². The van der Waals surface area contributed by atoms with Gasteiger partial charge in [-0.25, -0.2) is 0 Å². The van der Waals surface area contributed by atoms with E-state index in [-0.39, 0.29) is 0 Å². The number of hydrogen-bond donors (Lipinski definition) is 0. The Morgan fingerprint density at radius 2 is 2.25 bits per heavy atom. The van der Waals surface area contributed by atoms with Crippen molar-refractivity contribution in [3.05, 3.63) is 17.7 Å². The summed E-state index contributed by atoms with van der Waals surface area (Å²) in [5.74, 6) is 6.15. The van der Waals surface area contributed by atoms with Crippen molar-refractivity contribution in [3.63, 3.8) is 0 Å². The molecule has 0 N–H and O–H groups in total. The molecule has 0 bridgehead atoms. The Kier molecular flexibility index (Phi) is 3.19. The first-order valence-corrected chi connectivity index (χ1v) is 5.14. The Morgan fingerprint density at radius 1 is 1.50 bits per heavy atom. The van der Waals surface area contributed by atoms with Gasteiger partial charge >= 0.3 is 0 Å². The first-order chi connectivity index (χ1) is 5.58. The minimum atomic E-state index is 0.689. The average Bonchev–Trinajstić information content (AvgIpc) is 2.36. The van der Waals surface area contributed by atoms with Crippen molar-refractivity contribution in [1.82, 2.24) is 0 Å². The molecule has 0 aliphatic carbocycles. The third kappa shape index (κ3) is 3.80. The Labute approximate surface area is 75.8 Å². The van der Waals surface area contributed by atoms with Gasteiger partial charge in [0.15, 0.2) is 0 Å². The zero-order chi connectivity index (χ0) is 9.03. The summed E-state index contributed by atoms with van der Waals surface area (Å²) in [4.78, 5) is 0. The smallest absolute Gasteiger partial charge is 0.134 e. The molecule has 0 aromatic carbocycles. The monoisotopic (exact) mass is 185 g/mol. The molecule has 0 saturated carbocycles. The fourth-order valence-electron chi connectivity index (χ4n) is 0.785. The molecule has 3 heteroatoms. The lowest BCUT2D eigenvalue weighted by molar-refractivity contribution is -0.870. The molecule has 1 aromatic rings. The van der Waals surface area contributed by atoms with E-state index in [0.717, 1.165) is 23.4 Å². The van der Waals surface area contributed by atoms with Crippen LogP contribution in [0, 0.1) is 5.80 Å². The van der Waals surface area contributed by atoms with Crippen molar-refractivity contribution < 1.29 is 9.22 Å². The van der Waals surface area contributed by atoms with Crippen LogP contribution in [0.3, 0.4) is 0 Å². The van der Waals surface area contributed by atoms with Gasteiger partial charge in [-0.2, -0.15) is 11.9 Å². The molecule has 1 atom stereocenters. The number of nitrogens with zero attached hydrogens (tertiary/aromatic N) is 1. The summed E-state index contributed by atoms with van der Waals surface area (Å²) >= 11 is 0. The van der Waals surface area contributed by atoms with Gasteiger partial charge in [0.1, 0.15) is 13.2 Å². The second-order valence-corrected chi connectivity index (χ2v) is 4.70. The lowest BCUT2D eigenvalue weighted by Crippen LogP contribution is -2.38. The van der Waals surface area contributed by atoms with Crippen LogP contribution in [-0.2, 0) is 0 Å². The molecule has 0 radical (unpaired) electrons. The van der Waals surface area contributed by atoms with Gasteiger partial charge in [0, 0.05) is 5.75 Å². The fraction of sp³-hybridized carbons (Fsp3) is 0.556. The molecular formula is C9H16NOP. The minimum absolute atomic E-state index is 0.689. The van der Waals surface area contributed by atoms with Gasteiger partial charge in [0.25, 0.3) is 0 Å². The topological polar surface area (TPSA) is 9.23 Å². The normalized spacial score (nSPS) is 12.2. The molecule has 1 aromatic heterocycles. The second-order valence-electron chi connectivity index (χ2n) is 3.83. The van der Waals surface area contributed by atoms with E-state index in [2.05, 4.69) is 32.7 Å². The van der Waals surface area contributed by atoms with Gasteiger partial charge in [-0.15, -0.1) is 5.80 Å². The predicted octanol–water partition coefficient (Wildman–Crippen LogP) is 1.60. The van der Waals surface area contributed by atoms with Gasteiger partial charge in [0.05, 0.1) is 21.1 Å². The van der Waals surface area contributed by atoms with Crippen molar-refractivity contribution >= 4 is 8.19 Å². The summed E-state index contributed by atoms with van der Waals surface area (Å²) < 4.78 is 6.43. The standard InChI is InChI=1S/C9H16NOP/c1-10(2,3)5-6-11-9-4-7-12-8-9/h4,7,12H,5-6H2,1-3H3. The van der Waals surface area contributed by atoms with Crippen molar-refractivity contribution in [2.75, 3.05) is 34.3 Å². The highest BCUT2D eigenvalue weighted by Gasteiger charge is 2.05. The molecule has 1 unspecified atom stereocenters. The van der Waals surface area contributed by atoms with Gasteiger partial charge in [-0.05, 0) is 0 Å². The highest BCUT2D eigenvalue weighted by atomic mass is 31.0. The Bertz CT molecular complexity index is 213. The molecule has 0 amide bonds.